The summed E-state index contributed by atoms with van der Waals surface area (Å²) in [6.07, 6.45) is 2.22. The number of ether oxygens (including phenoxy) is 3. The maximum absolute atomic E-state index is 8.43. The normalized spacial score (nSPS) is 22.1. The Morgan fingerprint density at radius 1 is 0.864 bits per heavy atom. The van der Waals surface area contributed by atoms with Gasteiger partial charge in [-0.25, -0.2) is 0 Å². The Morgan fingerprint density at radius 3 is 1.41 bits per heavy atom. The van der Waals surface area contributed by atoms with E-state index in [-0.39, 0.29) is 31.8 Å². The third-order valence-corrected chi connectivity index (χ3v) is 2.83. The Morgan fingerprint density at radius 2 is 1.23 bits per heavy atom. The molecule has 0 aromatic rings. The molecule has 7 nitrogen and oxygen atoms in total. The van der Waals surface area contributed by atoms with Crippen LogP contribution in [-0.4, -0.2) is 85.5 Å². The third-order valence-electron chi connectivity index (χ3n) is 2.83. The Bertz CT molecular complexity index is 218. The van der Waals surface area contributed by atoms with Crippen molar-refractivity contribution in [2.75, 3.05) is 52.9 Å². The fourth-order valence-corrected chi connectivity index (χ4v) is 0.933. The van der Waals surface area contributed by atoms with Crippen molar-refractivity contribution in [3.8, 4) is 0 Å². The van der Waals surface area contributed by atoms with E-state index in [1.807, 2.05) is 0 Å². The van der Waals surface area contributed by atoms with E-state index in [0.29, 0.717) is 12.2 Å². The Kier molecular flexibility index (Phi) is 13.0. The molecule has 0 aromatic carbocycles. The first-order valence-corrected chi connectivity index (χ1v) is 7.73. The lowest BCUT2D eigenvalue weighted by atomic mass is 9.97. The highest BCUT2D eigenvalue weighted by Crippen LogP contribution is 2.12. The summed E-state index contributed by atoms with van der Waals surface area (Å²) in [6.45, 7) is 7.34. The van der Waals surface area contributed by atoms with E-state index in [4.69, 9.17) is 34.6 Å². The highest BCUT2D eigenvalue weighted by Gasteiger charge is 2.26. The first-order valence-electron chi connectivity index (χ1n) is 7.73. The number of rotatable bonds is 9. The van der Waals surface area contributed by atoms with Gasteiger partial charge in [0.15, 0.2) is 0 Å². The predicted molar refractivity (Wildman–Crippen MR) is 81.7 cm³/mol. The van der Waals surface area contributed by atoms with Crippen LogP contribution in [0.1, 0.15) is 26.7 Å². The van der Waals surface area contributed by atoms with Gasteiger partial charge in [-0.2, -0.15) is 0 Å². The van der Waals surface area contributed by atoms with Crippen molar-refractivity contribution in [2.45, 2.75) is 38.9 Å². The average Bonchev–Trinajstić information content (AvgIpc) is 3.41. The molecule has 2 heterocycles. The molecule has 2 aliphatic heterocycles. The maximum Gasteiger partial charge on any atom is 0.104 e. The molecule has 2 rings (SSSR count). The topological polar surface area (TPSA) is 115 Å². The van der Waals surface area contributed by atoms with Crippen LogP contribution in [0.25, 0.3) is 0 Å². The summed E-state index contributed by atoms with van der Waals surface area (Å²) in [4.78, 5) is 0. The monoisotopic (exact) mass is 324 g/mol. The van der Waals surface area contributed by atoms with Crippen molar-refractivity contribution in [3.63, 3.8) is 0 Å². The highest BCUT2D eigenvalue weighted by atomic mass is 16.6. The smallest absolute Gasteiger partial charge is 0.104 e. The second-order valence-corrected chi connectivity index (χ2v) is 6.08. The molecule has 2 unspecified atom stereocenters. The predicted octanol–water partition coefficient (Wildman–Crippen LogP) is -0.451. The van der Waals surface area contributed by atoms with E-state index in [9.17, 15) is 0 Å². The molecule has 7 heteroatoms. The van der Waals surface area contributed by atoms with Gasteiger partial charge >= 0.3 is 0 Å². The number of aliphatic hydroxyl groups excluding tert-OH is 4. The van der Waals surface area contributed by atoms with Crippen LogP contribution in [0.4, 0.5) is 0 Å². The average molecular weight is 324 g/mol. The van der Waals surface area contributed by atoms with Crippen LogP contribution in [0.5, 0.6) is 0 Å². The summed E-state index contributed by atoms with van der Waals surface area (Å²) in [5.41, 5.74) is -0.306. The standard InChI is InChI=1S/C6H10O3.C5H12O2.C4H10O2/c1(5-3-8-5)7-2-6-4-9-6;1-5(2,3-6)4-7;5-3-1-2-4-6/h5-6H,1-4H2;6-7H,3-4H2,1-2H3;5-6H,1-4H2. The fourth-order valence-electron chi connectivity index (χ4n) is 0.933. The zero-order valence-corrected chi connectivity index (χ0v) is 13.7. The minimum Gasteiger partial charge on any atom is -0.396 e. The summed E-state index contributed by atoms with van der Waals surface area (Å²) in [5, 5.41) is 33.0. The number of hydrogen-bond acceptors (Lipinski definition) is 7. The summed E-state index contributed by atoms with van der Waals surface area (Å²) >= 11 is 0. The van der Waals surface area contributed by atoms with E-state index in [2.05, 4.69) is 0 Å². The zero-order chi connectivity index (χ0) is 16.8. The van der Waals surface area contributed by atoms with Crippen molar-refractivity contribution in [2.24, 2.45) is 5.41 Å². The van der Waals surface area contributed by atoms with Gasteiger partial charge in [-0.15, -0.1) is 0 Å². The molecular formula is C15H32O7. The molecule has 2 fully saturated rings. The lowest BCUT2D eigenvalue weighted by Gasteiger charge is -2.16. The summed E-state index contributed by atoms with van der Waals surface area (Å²) < 4.78 is 15.1. The molecule has 22 heavy (non-hydrogen) atoms. The first kappa shape index (κ1) is 21.7. The number of epoxide rings is 2. The van der Waals surface area contributed by atoms with Gasteiger partial charge in [-0.05, 0) is 12.8 Å². The summed E-state index contributed by atoms with van der Waals surface area (Å²) in [5.74, 6) is 0. The first-order chi connectivity index (χ1) is 10.5. The molecule has 0 aliphatic carbocycles. The number of hydrogen-bond donors (Lipinski definition) is 4. The quantitative estimate of drug-likeness (QED) is 0.335. The van der Waals surface area contributed by atoms with Gasteiger partial charge in [0.2, 0.25) is 0 Å². The van der Waals surface area contributed by atoms with Crippen LogP contribution in [0, 0.1) is 5.41 Å². The largest absolute Gasteiger partial charge is 0.396 e. The van der Waals surface area contributed by atoms with Gasteiger partial charge < -0.3 is 34.6 Å². The second-order valence-electron chi connectivity index (χ2n) is 6.08. The van der Waals surface area contributed by atoms with Crippen LogP contribution in [0.15, 0.2) is 0 Å². The number of aliphatic hydroxyl groups is 4. The molecule has 0 aromatic heterocycles. The Balaban J connectivity index is 0.000000311. The van der Waals surface area contributed by atoms with E-state index in [1.165, 1.54) is 0 Å². The molecule has 2 saturated heterocycles. The van der Waals surface area contributed by atoms with Crippen LogP contribution in [0.2, 0.25) is 0 Å². The van der Waals surface area contributed by atoms with Crippen molar-refractivity contribution < 1.29 is 34.6 Å². The molecule has 0 bridgehead atoms. The molecule has 0 radical (unpaired) electrons. The maximum atomic E-state index is 8.43. The van der Waals surface area contributed by atoms with E-state index in [1.54, 1.807) is 13.8 Å². The molecule has 0 spiro atoms. The molecular weight excluding hydrogens is 292 g/mol. The van der Waals surface area contributed by atoms with Crippen LogP contribution in [-0.2, 0) is 14.2 Å². The van der Waals surface area contributed by atoms with Gasteiger partial charge in [-0.3, -0.25) is 0 Å². The molecule has 0 amide bonds. The van der Waals surface area contributed by atoms with Crippen molar-refractivity contribution in [1.82, 2.24) is 0 Å². The third kappa shape index (κ3) is 16.1. The van der Waals surface area contributed by atoms with Crippen molar-refractivity contribution in [3.05, 3.63) is 0 Å². The van der Waals surface area contributed by atoms with Crippen molar-refractivity contribution >= 4 is 0 Å². The zero-order valence-electron chi connectivity index (χ0n) is 13.7. The second kappa shape index (κ2) is 13.2. The molecule has 4 N–H and O–H groups in total. The van der Waals surface area contributed by atoms with E-state index in [0.717, 1.165) is 39.3 Å². The molecule has 2 aliphatic rings. The molecule has 0 saturated carbocycles. The number of unbranched alkanes of at least 4 members (excludes halogenated alkanes) is 1. The Labute approximate surface area is 132 Å². The Hall–Kier alpha value is -0.280. The molecule has 134 valence electrons. The van der Waals surface area contributed by atoms with Crippen LogP contribution in [0.3, 0.4) is 0 Å². The van der Waals surface area contributed by atoms with E-state index < -0.39 is 0 Å². The minimum absolute atomic E-state index is 0.0451. The van der Waals surface area contributed by atoms with Gasteiger partial charge in [0, 0.05) is 18.6 Å². The van der Waals surface area contributed by atoms with Crippen LogP contribution < -0.4 is 0 Å². The fraction of sp³-hybridized carbons (Fsp3) is 1.00. The highest BCUT2D eigenvalue weighted by molar-refractivity contribution is 4.71. The van der Waals surface area contributed by atoms with Crippen LogP contribution >= 0.6 is 0 Å². The van der Waals surface area contributed by atoms with E-state index >= 15 is 0 Å². The van der Waals surface area contributed by atoms with Gasteiger partial charge in [0.05, 0.1) is 39.6 Å². The van der Waals surface area contributed by atoms with Gasteiger partial charge in [-0.1, -0.05) is 13.8 Å². The van der Waals surface area contributed by atoms with Crippen molar-refractivity contribution in [1.29, 1.82) is 0 Å². The van der Waals surface area contributed by atoms with Gasteiger partial charge in [0.25, 0.3) is 0 Å². The van der Waals surface area contributed by atoms with Gasteiger partial charge in [0.1, 0.15) is 12.2 Å². The lowest BCUT2D eigenvalue weighted by Crippen LogP contribution is -2.20. The summed E-state index contributed by atoms with van der Waals surface area (Å²) in [7, 11) is 0. The summed E-state index contributed by atoms with van der Waals surface area (Å²) in [6, 6.07) is 0. The molecule has 2 atom stereocenters. The SMILES string of the molecule is C(OCC1CO1)C1CO1.CC(C)(CO)CO.OCCCCO. The minimum atomic E-state index is -0.306. The lowest BCUT2D eigenvalue weighted by molar-refractivity contribution is 0.0857.